The zero-order chi connectivity index (χ0) is 31.6. The minimum Gasteiger partial charge on any atom is -0.357 e. The maximum atomic E-state index is 14.0. The van der Waals surface area contributed by atoms with Crippen molar-refractivity contribution in [2.45, 2.75) is 57.5 Å². The number of unbranched alkanes of at least 4 members (excludes halogenated alkanes) is 1. The number of likely N-dealkylation sites (N-methyl/N-ethyl adjacent to an activating group) is 1. The molecule has 0 spiro atoms. The molecule has 0 saturated carbocycles. The van der Waals surface area contributed by atoms with Crippen LogP contribution < -0.4 is 16.0 Å². The van der Waals surface area contributed by atoms with E-state index in [2.05, 4.69) is 35.0 Å². The predicted molar refractivity (Wildman–Crippen MR) is 182 cm³/mol. The molecule has 5 aromatic rings. The van der Waals surface area contributed by atoms with Gasteiger partial charge in [-0.1, -0.05) is 123 Å². The lowest BCUT2D eigenvalue weighted by Gasteiger charge is -2.24. The van der Waals surface area contributed by atoms with Gasteiger partial charge in [0.25, 0.3) is 0 Å². The van der Waals surface area contributed by atoms with E-state index >= 15 is 0 Å². The molecule has 6 heteroatoms. The van der Waals surface area contributed by atoms with Crippen molar-refractivity contribution in [2.75, 3.05) is 7.05 Å². The van der Waals surface area contributed by atoms with Crippen molar-refractivity contribution in [3.05, 3.63) is 131 Å². The van der Waals surface area contributed by atoms with Gasteiger partial charge in [0.15, 0.2) is 0 Å². The van der Waals surface area contributed by atoms with Gasteiger partial charge in [-0.15, -0.1) is 0 Å². The van der Waals surface area contributed by atoms with Gasteiger partial charge in [0.05, 0.1) is 6.42 Å². The highest BCUT2D eigenvalue weighted by Crippen LogP contribution is 2.22. The van der Waals surface area contributed by atoms with E-state index in [9.17, 15) is 14.4 Å². The van der Waals surface area contributed by atoms with Gasteiger partial charge < -0.3 is 16.0 Å². The van der Waals surface area contributed by atoms with Gasteiger partial charge in [-0.2, -0.15) is 0 Å². The monoisotopic (exact) mass is 599 g/mol. The number of carbonyl (C=O) groups is 3. The topological polar surface area (TPSA) is 87.3 Å². The van der Waals surface area contributed by atoms with E-state index in [4.69, 9.17) is 0 Å². The molecular weight excluding hydrogens is 558 g/mol. The average molecular weight is 600 g/mol. The number of aryl methyl sites for hydroxylation is 1. The fourth-order valence-corrected chi connectivity index (χ4v) is 5.88. The summed E-state index contributed by atoms with van der Waals surface area (Å²) in [5, 5.41) is 12.9. The summed E-state index contributed by atoms with van der Waals surface area (Å²) in [5.74, 6) is -0.947. The van der Waals surface area contributed by atoms with Crippen molar-refractivity contribution in [1.29, 1.82) is 0 Å². The molecule has 0 aliphatic rings. The number of amides is 3. The Morgan fingerprint density at radius 2 is 1.11 bits per heavy atom. The van der Waals surface area contributed by atoms with Crippen LogP contribution in [0.2, 0.25) is 0 Å². The van der Waals surface area contributed by atoms with Crippen LogP contribution in [0.25, 0.3) is 21.5 Å². The lowest BCUT2D eigenvalue weighted by atomic mass is 9.96. The highest BCUT2D eigenvalue weighted by molar-refractivity contribution is 5.94. The molecule has 0 bridgehead atoms. The lowest BCUT2D eigenvalue weighted by Crippen LogP contribution is -2.55. The number of carbonyl (C=O) groups excluding carboxylic acids is 3. The number of nitrogens with one attached hydrogen (secondary N) is 3. The highest BCUT2D eigenvalue weighted by atomic mass is 16.2. The van der Waals surface area contributed by atoms with Crippen LogP contribution in [0.3, 0.4) is 0 Å². The zero-order valence-corrected chi connectivity index (χ0v) is 26.0. The summed E-state index contributed by atoms with van der Waals surface area (Å²) in [5.41, 5.74) is 4.04. The molecule has 0 aromatic heterocycles. The van der Waals surface area contributed by atoms with E-state index in [-0.39, 0.29) is 24.7 Å². The minimum absolute atomic E-state index is 0.155. The number of fused-ring (bicyclic) bond motifs is 2. The third-order valence-corrected chi connectivity index (χ3v) is 8.35. The Hall–Kier alpha value is -4.97. The number of benzene rings is 5. The van der Waals surface area contributed by atoms with Crippen molar-refractivity contribution in [1.82, 2.24) is 16.0 Å². The Morgan fingerprint density at radius 1 is 0.600 bits per heavy atom. The number of hydrogen-bond donors (Lipinski definition) is 3. The van der Waals surface area contributed by atoms with E-state index < -0.39 is 18.0 Å². The van der Waals surface area contributed by atoms with E-state index in [0.29, 0.717) is 6.42 Å². The summed E-state index contributed by atoms with van der Waals surface area (Å²) < 4.78 is 0. The summed E-state index contributed by atoms with van der Waals surface area (Å²) in [6.07, 6.45) is 4.02. The van der Waals surface area contributed by atoms with E-state index in [1.54, 1.807) is 7.05 Å². The quantitative estimate of drug-likeness (QED) is 0.153. The van der Waals surface area contributed by atoms with Crippen molar-refractivity contribution < 1.29 is 14.4 Å². The van der Waals surface area contributed by atoms with Crippen LogP contribution in [0.5, 0.6) is 0 Å². The fraction of sp³-hybridized carbons (Fsp3) is 0.256. The first-order valence-electron chi connectivity index (χ1n) is 15.8. The van der Waals surface area contributed by atoms with Crippen molar-refractivity contribution in [3.8, 4) is 0 Å². The smallest absolute Gasteiger partial charge is 0.243 e. The second-order valence-electron chi connectivity index (χ2n) is 11.6. The summed E-state index contributed by atoms with van der Waals surface area (Å²) >= 11 is 0. The van der Waals surface area contributed by atoms with E-state index in [1.807, 2.05) is 97.1 Å². The first-order valence-corrected chi connectivity index (χ1v) is 15.8. The van der Waals surface area contributed by atoms with Crippen LogP contribution in [0, 0.1) is 0 Å². The molecule has 0 aliphatic heterocycles. The molecule has 2 atom stereocenters. The fourth-order valence-electron chi connectivity index (χ4n) is 5.88. The average Bonchev–Trinajstić information content (AvgIpc) is 3.07. The molecule has 5 aromatic carbocycles. The lowest BCUT2D eigenvalue weighted by molar-refractivity contribution is -0.131. The van der Waals surface area contributed by atoms with Gasteiger partial charge in [-0.05, 0) is 56.6 Å². The van der Waals surface area contributed by atoms with Crippen LogP contribution in [0.15, 0.2) is 109 Å². The largest absolute Gasteiger partial charge is 0.357 e. The molecule has 0 unspecified atom stereocenters. The van der Waals surface area contributed by atoms with Gasteiger partial charge in [-0.3, -0.25) is 14.4 Å². The maximum absolute atomic E-state index is 14.0. The second kappa shape index (κ2) is 15.2. The molecule has 3 N–H and O–H groups in total. The second-order valence-corrected chi connectivity index (χ2v) is 11.6. The SMILES string of the molecule is CCCCc1ccc(CC(=O)N[C@@H](Cc2cccc3ccccc23)C(=O)N[C@@H](Cc2cccc3ccccc23)C(=O)NC)cc1. The third-order valence-electron chi connectivity index (χ3n) is 8.35. The Labute approximate surface area is 265 Å². The van der Waals surface area contributed by atoms with E-state index in [0.717, 1.165) is 57.5 Å². The minimum atomic E-state index is -0.883. The summed E-state index contributed by atoms with van der Waals surface area (Å²) in [6, 6.07) is 34.3. The molecule has 0 radical (unpaired) electrons. The molecule has 3 amide bonds. The zero-order valence-electron chi connectivity index (χ0n) is 26.0. The van der Waals surface area contributed by atoms with Gasteiger partial charge in [0, 0.05) is 19.9 Å². The Balaban J connectivity index is 1.38. The van der Waals surface area contributed by atoms with Crippen molar-refractivity contribution in [3.63, 3.8) is 0 Å². The van der Waals surface area contributed by atoms with Crippen LogP contribution in [-0.2, 0) is 40.1 Å². The molecule has 230 valence electrons. The standard InChI is InChI=1S/C39H41N3O3/c1-3-4-11-27-20-22-28(23-21-27)24-37(43)41-36(26-32-17-10-15-30-13-6-8-19-34(30)32)39(45)42-35(38(44)40-2)25-31-16-9-14-29-12-5-7-18-33(29)31/h5-10,12-23,35-36H,3-4,11,24-26H2,1-2H3,(H,40,44)(H,41,43)(H,42,45)/t35-,36-/m0/s1. The summed E-state index contributed by atoms with van der Waals surface area (Å²) in [4.78, 5) is 40.5. The number of rotatable bonds is 13. The molecule has 0 saturated heterocycles. The molecule has 6 nitrogen and oxygen atoms in total. The molecule has 45 heavy (non-hydrogen) atoms. The summed E-state index contributed by atoms with van der Waals surface area (Å²) in [7, 11) is 1.56. The molecular formula is C39H41N3O3. The van der Waals surface area contributed by atoms with Gasteiger partial charge in [0.1, 0.15) is 12.1 Å². The van der Waals surface area contributed by atoms with Crippen LogP contribution in [0.1, 0.15) is 42.0 Å². The molecule has 0 aliphatic carbocycles. The molecule has 0 fully saturated rings. The van der Waals surface area contributed by atoms with E-state index in [1.165, 1.54) is 5.56 Å². The summed E-state index contributed by atoms with van der Waals surface area (Å²) in [6.45, 7) is 2.17. The third kappa shape index (κ3) is 8.15. The Morgan fingerprint density at radius 3 is 1.67 bits per heavy atom. The first kappa shape index (κ1) is 31.5. The molecule has 5 rings (SSSR count). The molecule has 0 heterocycles. The predicted octanol–water partition coefficient (Wildman–Crippen LogP) is 6.08. The maximum Gasteiger partial charge on any atom is 0.243 e. The van der Waals surface area contributed by atoms with Gasteiger partial charge >= 0.3 is 0 Å². The van der Waals surface area contributed by atoms with Crippen molar-refractivity contribution in [2.24, 2.45) is 0 Å². The van der Waals surface area contributed by atoms with Crippen molar-refractivity contribution >= 4 is 39.3 Å². The first-order chi connectivity index (χ1) is 21.9. The van der Waals surface area contributed by atoms with Crippen LogP contribution >= 0.6 is 0 Å². The Kier molecular flexibility index (Phi) is 10.6. The number of hydrogen-bond acceptors (Lipinski definition) is 3. The van der Waals surface area contributed by atoms with Gasteiger partial charge in [0.2, 0.25) is 17.7 Å². The van der Waals surface area contributed by atoms with Crippen LogP contribution in [-0.4, -0.2) is 36.9 Å². The van der Waals surface area contributed by atoms with Gasteiger partial charge in [-0.25, -0.2) is 0 Å². The Bertz CT molecular complexity index is 1770. The normalized spacial score (nSPS) is 12.4. The van der Waals surface area contributed by atoms with Crippen LogP contribution in [0.4, 0.5) is 0 Å². The highest BCUT2D eigenvalue weighted by Gasteiger charge is 2.28.